The van der Waals surface area contributed by atoms with Crippen LogP contribution in [0.1, 0.15) is 26.3 Å². The van der Waals surface area contributed by atoms with Gasteiger partial charge in [-0.1, -0.05) is 20.8 Å². The maximum atomic E-state index is 12.5. The lowest BCUT2D eigenvalue weighted by molar-refractivity contribution is 0.310. The molecule has 114 valence electrons. The van der Waals surface area contributed by atoms with E-state index in [2.05, 4.69) is 0 Å². The van der Waals surface area contributed by atoms with Gasteiger partial charge in [0.1, 0.15) is 5.75 Å². The van der Waals surface area contributed by atoms with E-state index in [9.17, 15) is 8.42 Å². The molecule has 0 radical (unpaired) electrons. The number of benzene rings is 1. The predicted molar refractivity (Wildman–Crippen MR) is 80.2 cm³/mol. The van der Waals surface area contributed by atoms with Gasteiger partial charge >= 0.3 is 0 Å². The first-order valence-corrected chi connectivity index (χ1v) is 7.89. The third-order valence-corrected chi connectivity index (χ3v) is 4.68. The first-order chi connectivity index (χ1) is 9.11. The van der Waals surface area contributed by atoms with Crippen molar-refractivity contribution in [3.8, 4) is 5.75 Å². The number of ether oxygens (including phenoxy) is 1. The molecule has 6 heteroatoms. The summed E-state index contributed by atoms with van der Waals surface area (Å²) in [7, 11) is -0.381. The third-order valence-electron chi connectivity index (χ3n) is 2.88. The summed E-state index contributed by atoms with van der Waals surface area (Å²) in [6.07, 6.45) is 0. The second-order valence-electron chi connectivity index (χ2n) is 6.00. The van der Waals surface area contributed by atoms with Crippen LogP contribution in [0.5, 0.6) is 5.75 Å². The maximum absolute atomic E-state index is 12.5. The van der Waals surface area contributed by atoms with Gasteiger partial charge in [0.05, 0.1) is 12.0 Å². The fourth-order valence-electron chi connectivity index (χ4n) is 2.01. The van der Waals surface area contributed by atoms with Crippen LogP contribution in [0.25, 0.3) is 0 Å². The van der Waals surface area contributed by atoms with Crippen LogP contribution in [0.2, 0.25) is 0 Å². The Morgan fingerprint density at radius 1 is 1.30 bits per heavy atom. The van der Waals surface area contributed by atoms with Gasteiger partial charge in [0, 0.05) is 25.7 Å². The van der Waals surface area contributed by atoms with Gasteiger partial charge in [0.15, 0.2) is 0 Å². The monoisotopic (exact) mass is 300 g/mol. The second kappa shape index (κ2) is 6.11. The van der Waals surface area contributed by atoms with Crippen molar-refractivity contribution in [2.24, 2.45) is 11.1 Å². The number of nitrogens with two attached hydrogens (primary N) is 1. The van der Waals surface area contributed by atoms with Crippen LogP contribution in [0.15, 0.2) is 23.1 Å². The zero-order valence-corrected chi connectivity index (χ0v) is 13.6. The Kier molecular flexibility index (Phi) is 5.18. The minimum Gasteiger partial charge on any atom is -0.496 e. The lowest BCUT2D eigenvalue weighted by atomic mass is 9.97. The molecule has 0 saturated heterocycles. The summed E-state index contributed by atoms with van der Waals surface area (Å²) in [5.74, 6) is 0.602. The highest BCUT2D eigenvalue weighted by Crippen LogP contribution is 2.25. The van der Waals surface area contributed by atoms with E-state index in [4.69, 9.17) is 10.5 Å². The molecule has 0 amide bonds. The molecule has 1 aromatic rings. The topological polar surface area (TPSA) is 72.6 Å². The van der Waals surface area contributed by atoms with Gasteiger partial charge in [-0.15, -0.1) is 0 Å². The van der Waals surface area contributed by atoms with Crippen molar-refractivity contribution in [2.75, 3.05) is 20.7 Å². The Labute approximate surface area is 121 Å². The maximum Gasteiger partial charge on any atom is 0.242 e. The van der Waals surface area contributed by atoms with E-state index in [-0.39, 0.29) is 16.9 Å². The molecule has 0 fully saturated rings. The van der Waals surface area contributed by atoms with Crippen molar-refractivity contribution < 1.29 is 13.2 Å². The molecule has 0 spiro atoms. The van der Waals surface area contributed by atoms with Crippen molar-refractivity contribution in [3.63, 3.8) is 0 Å². The third kappa shape index (κ3) is 3.94. The van der Waals surface area contributed by atoms with Crippen molar-refractivity contribution in [2.45, 2.75) is 32.2 Å². The lowest BCUT2D eigenvalue weighted by Gasteiger charge is -2.26. The second-order valence-corrected chi connectivity index (χ2v) is 8.04. The normalized spacial score (nSPS) is 12.8. The average Bonchev–Trinajstić information content (AvgIpc) is 2.35. The minimum atomic E-state index is -3.51. The smallest absolute Gasteiger partial charge is 0.242 e. The molecular formula is C14H24N2O3S. The summed E-state index contributed by atoms with van der Waals surface area (Å²) in [5.41, 5.74) is 6.20. The van der Waals surface area contributed by atoms with Crippen molar-refractivity contribution in [3.05, 3.63) is 23.8 Å². The predicted octanol–water partition coefficient (Wildman–Crippen LogP) is 1.82. The summed E-state index contributed by atoms with van der Waals surface area (Å²) in [6, 6.07) is 4.76. The highest BCUT2D eigenvalue weighted by atomic mass is 32.2. The van der Waals surface area contributed by atoms with Crippen molar-refractivity contribution in [1.29, 1.82) is 0 Å². The Bertz CT molecular complexity index is 562. The quantitative estimate of drug-likeness (QED) is 0.900. The van der Waals surface area contributed by atoms with Gasteiger partial charge < -0.3 is 10.5 Å². The molecule has 0 bridgehead atoms. The Hall–Kier alpha value is -1.11. The van der Waals surface area contributed by atoms with Gasteiger partial charge in [-0.3, -0.25) is 0 Å². The molecule has 1 aromatic carbocycles. The Morgan fingerprint density at radius 3 is 2.35 bits per heavy atom. The lowest BCUT2D eigenvalue weighted by Crippen LogP contribution is -2.34. The van der Waals surface area contributed by atoms with E-state index >= 15 is 0 Å². The molecule has 0 heterocycles. The van der Waals surface area contributed by atoms with Crippen molar-refractivity contribution >= 4 is 10.0 Å². The van der Waals surface area contributed by atoms with Crippen molar-refractivity contribution in [1.82, 2.24) is 4.31 Å². The number of methoxy groups -OCH3 is 1. The number of nitrogens with zero attached hydrogens (tertiary/aromatic N) is 1. The summed E-state index contributed by atoms with van der Waals surface area (Å²) >= 11 is 0. The number of hydrogen-bond donors (Lipinski definition) is 1. The summed E-state index contributed by atoms with van der Waals surface area (Å²) in [4.78, 5) is 0.241. The van der Waals surface area contributed by atoms with Crippen LogP contribution >= 0.6 is 0 Å². The van der Waals surface area contributed by atoms with Crippen LogP contribution in [-0.2, 0) is 16.6 Å². The minimum absolute atomic E-state index is 0.106. The summed E-state index contributed by atoms with van der Waals surface area (Å²) in [5, 5.41) is 0. The highest BCUT2D eigenvalue weighted by molar-refractivity contribution is 7.89. The summed E-state index contributed by atoms with van der Waals surface area (Å²) in [6.45, 7) is 6.67. The van der Waals surface area contributed by atoms with E-state index < -0.39 is 10.0 Å². The van der Waals surface area contributed by atoms with Crippen LogP contribution in [0.4, 0.5) is 0 Å². The van der Waals surface area contributed by atoms with Crippen LogP contribution in [0.3, 0.4) is 0 Å². The molecule has 0 aliphatic heterocycles. The van der Waals surface area contributed by atoms with Gasteiger partial charge in [0.2, 0.25) is 10.0 Å². The van der Waals surface area contributed by atoms with Gasteiger partial charge in [-0.05, 0) is 23.6 Å². The highest BCUT2D eigenvalue weighted by Gasteiger charge is 2.25. The first kappa shape index (κ1) is 16.9. The number of rotatable bonds is 5. The van der Waals surface area contributed by atoms with Crippen LogP contribution < -0.4 is 10.5 Å². The fraction of sp³-hybridized carbons (Fsp3) is 0.571. The molecule has 20 heavy (non-hydrogen) atoms. The van der Waals surface area contributed by atoms with E-state index in [1.807, 2.05) is 20.8 Å². The number of sulfonamides is 1. The van der Waals surface area contributed by atoms with Crippen LogP contribution in [-0.4, -0.2) is 33.4 Å². The zero-order valence-electron chi connectivity index (χ0n) is 12.8. The fourth-order valence-corrected chi connectivity index (χ4v) is 3.46. The first-order valence-electron chi connectivity index (χ1n) is 6.45. The average molecular weight is 300 g/mol. The molecule has 5 nitrogen and oxygen atoms in total. The standard InChI is InChI=1S/C14H24N2O3S/c1-14(2,3)10-16(4)20(17,18)12-6-7-13(19-5)11(8-12)9-15/h6-8H,9-10,15H2,1-5H3. The molecule has 0 atom stereocenters. The molecule has 0 unspecified atom stereocenters. The number of hydrogen-bond acceptors (Lipinski definition) is 4. The SMILES string of the molecule is COc1ccc(S(=O)(=O)N(C)CC(C)(C)C)cc1CN. The van der Waals surface area contributed by atoms with Gasteiger partial charge in [0.25, 0.3) is 0 Å². The van der Waals surface area contributed by atoms with E-state index in [1.54, 1.807) is 25.2 Å². The molecule has 1 rings (SSSR count). The van der Waals surface area contributed by atoms with Gasteiger partial charge in [-0.25, -0.2) is 12.7 Å². The molecule has 0 saturated carbocycles. The Morgan fingerprint density at radius 2 is 1.90 bits per heavy atom. The van der Waals surface area contributed by atoms with E-state index in [0.717, 1.165) is 0 Å². The molecule has 0 aromatic heterocycles. The largest absolute Gasteiger partial charge is 0.496 e. The van der Waals surface area contributed by atoms with Gasteiger partial charge in [-0.2, -0.15) is 0 Å². The molecular weight excluding hydrogens is 276 g/mol. The summed E-state index contributed by atoms with van der Waals surface area (Å²) < 4.78 is 31.6. The van der Waals surface area contributed by atoms with E-state index in [0.29, 0.717) is 17.9 Å². The Balaban J connectivity index is 3.16. The molecule has 0 aliphatic carbocycles. The van der Waals surface area contributed by atoms with Crippen LogP contribution in [0, 0.1) is 5.41 Å². The zero-order chi connectivity index (χ0) is 15.6. The molecule has 2 N–H and O–H groups in total. The molecule has 0 aliphatic rings. The van der Waals surface area contributed by atoms with E-state index in [1.165, 1.54) is 11.4 Å².